The molecular weight excluding hydrogens is 509 g/mol. The molecule has 2 atom stereocenters. The maximum Gasteiger partial charge on any atom is 0.573 e. The van der Waals surface area contributed by atoms with Crippen molar-refractivity contribution in [3.8, 4) is 5.75 Å². The van der Waals surface area contributed by atoms with Gasteiger partial charge in [0.05, 0.1) is 0 Å². The van der Waals surface area contributed by atoms with Crippen molar-refractivity contribution in [2.24, 2.45) is 23.3 Å². The third kappa shape index (κ3) is 5.53. The minimum atomic E-state index is -4.75. The van der Waals surface area contributed by atoms with E-state index in [1.54, 1.807) is 12.1 Å². The quantitative estimate of drug-likeness (QED) is 0.397. The van der Waals surface area contributed by atoms with E-state index in [0.717, 1.165) is 42.6 Å². The molecule has 1 fully saturated rings. The van der Waals surface area contributed by atoms with Crippen molar-refractivity contribution in [3.63, 3.8) is 0 Å². The van der Waals surface area contributed by atoms with Gasteiger partial charge in [-0.25, -0.2) is 0 Å². The molecule has 34 heavy (non-hydrogen) atoms. The average Bonchev–Trinajstić information content (AvgIpc) is 2.79. The minimum Gasteiger partial charge on any atom is -0.405 e. The van der Waals surface area contributed by atoms with E-state index in [4.69, 9.17) is 11.5 Å². The Hall–Kier alpha value is -2.23. The van der Waals surface area contributed by atoms with Crippen molar-refractivity contribution < 1.29 is 17.9 Å². The van der Waals surface area contributed by atoms with E-state index in [9.17, 15) is 13.2 Å². The van der Waals surface area contributed by atoms with Gasteiger partial charge in [0.15, 0.2) is 0 Å². The van der Waals surface area contributed by atoms with Crippen LogP contribution in [0.5, 0.6) is 5.75 Å². The topological polar surface area (TPSA) is 85.3 Å². The van der Waals surface area contributed by atoms with E-state index in [2.05, 4.69) is 43.4 Å². The second-order valence-corrected chi connectivity index (χ2v) is 10.1. The molecule has 2 aliphatic rings. The van der Waals surface area contributed by atoms with E-state index in [0.29, 0.717) is 16.5 Å². The van der Waals surface area contributed by atoms with Gasteiger partial charge in [0.25, 0.3) is 0 Å². The van der Waals surface area contributed by atoms with Crippen LogP contribution < -0.4 is 26.8 Å². The van der Waals surface area contributed by atoms with Crippen LogP contribution in [0.3, 0.4) is 0 Å². The largest absolute Gasteiger partial charge is 0.573 e. The highest BCUT2D eigenvalue weighted by atomic mass is 79.9. The van der Waals surface area contributed by atoms with E-state index in [1.807, 2.05) is 25.2 Å². The molecule has 0 saturated heterocycles. The van der Waals surface area contributed by atoms with Crippen LogP contribution in [0.25, 0.3) is 5.70 Å². The lowest BCUT2D eigenvalue weighted by molar-refractivity contribution is -0.274. The Kier molecular flexibility index (Phi) is 7.17. The fourth-order valence-corrected chi connectivity index (χ4v) is 5.54. The fourth-order valence-electron chi connectivity index (χ4n) is 5.20. The molecule has 5 nitrogen and oxygen atoms in total. The molecule has 1 aliphatic carbocycles. The molecule has 1 aliphatic heterocycles. The first-order chi connectivity index (χ1) is 16.1. The summed E-state index contributed by atoms with van der Waals surface area (Å²) in [6, 6.07) is 12.5. The molecule has 1 heterocycles. The van der Waals surface area contributed by atoms with Crippen LogP contribution in [0, 0.1) is 11.8 Å². The van der Waals surface area contributed by atoms with Gasteiger partial charge in [0, 0.05) is 34.5 Å². The Balaban J connectivity index is 1.42. The van der Waals surface area contributed by atoms with E-state index in [1.165, 1.54) is 6.07 Å². The minimum absolute atomic E-state index is 0.200. The van der Waals surface area contributed by atoms with Crippen LogP contribution in [0.2, 0.25) is 0 Å². The number of fused-ring (bicyclic) bond motifs is 1. The highest BCUT2D eigenvalue weighted by molar-refractivity contribution is 9.10. The number of halogens is 4. The van der Waals surface area contributed by atoms with Crippen molar-refractivity contribution in [1.82, 2.24) is 5.32 Å². The monoisotopic (exact) mass is 538 g/mol. The van der Waals surface area contributed by atoms with E-state index < -0.39 is 12.0 Å². The molecule has 184 valence electrons. The molecule has 0 radical (unpaired) electrons. The third-order valence-corrected chi connectivity index (χ3v) is 7.48. The maximum atomic E-state index is 12.9. The van der Waals surface area contributed by atoms with Gasteiger partial charge in [-0.2, -0.15) is 0 Å². The zero-order chi connectivity index (χ0) is 24.5. The first-order valence-electron chi connectivity index (χ1n) is 11.4. The van der Waals surface area contributed by atoms with Gasteiger partial charge in [-0.1, -0.05) is 40.2 Å². The van der Waals surface area contributed by atoms with Gasteiger partial charge in [-0.15, -0.1) is 13.2 Å². The summed E-state index contributed by atoms with van der Waals surface area (Å²) in [6.07, 6.45) is 1.12. The summed E-state index contributed by atoms with van der Waals surface area (Å²) in [5.74, 6) is 0.206. The lowest BCUT2D eigenvalue weighted by atomic mass is 9.72. The number of para-hydroxylation sites is 1. The number of nitrogens with two attached hydrogens (primary N) is 2. The van der Waals surface area contributed by atoms with Crippen molar-refractivity contribution in [1.29, 1.82) is 0 Å². The molecule has 2 unspecified atom stereocenters. The maximum absolute atomic E-state index is 12.9. The highest BCUT2D eigenvalue weighted by Crippen LogP contribution is 2.41. The summed E-state index contributed by atoms with van der Waals surface area (Å²) in [4.78, 5) is 0. The second kappa shape index (κ2) is 9.79. The third-order valence-electron chi connectivity index (χ3n) is 6.98. The predicted octanol–water partition coefficient (Wildman–Crippen LogP) is 5.36. The molecular formula is C25H30BrF3N4O. The van der Waals surface area contributed by atoms with Gasteiger partial charge in [0.1, 0.15) is 11.4 Å². The van der Waals surface area contributed by atoms with Crippen molar-refractivity contribution >= 4 is 27.3 Å². The summed E-state index contributed by atoms with van der Waals surface area (Å²) in [6.45, 7) is 0. The molecule has 0 bridgehead atoms. The van der Waals surface area contributed by atoms with Crippen molar-refractivity contribution in [3.05, 3.63) is 64.1 Å². The summed E-state index contributed by atoms with van der Waals surface area (Å²) >= 11 is 3.21. The van der Waals surface area contributed by atoms with Gasteiger partial charge in [0.2, 0.25) is 0 Å². The number of hydrogen-bond acceptors (Lipinski definition) is 5. The standard InChI is InChI=1S/C25H30BrF3N4O/c1-32-22-14-24(31,33-21-5-3-2-4-19(21)22)17-9-6-15(7-10-17)20(30)12-16-8-11-18(26)13-23(16)34-25(27,28)29/h2-5,8,11,13-15,17,20,32-33H,6-7,9-10,12,30-31H2,1H3. The van der Waals surface area contributed by atoms with Crippen LogP contribution >= 0.6 is 15.9 Å². The predicted molar refractivity (Wildman–Crippen MR) is 132 cm³/mol. The van der Waals surface area contributed by atoms with Gasteiger partial charge < -0.3 is 26.8 Å². The number of hydrogen-bond donors (Lipinski definition) is 4. The molecule has 0 spiro atoms. The summed E-state index contributed by atoms with van der Waals surface area (Å²) in [5.41, 5.74) is 16.2. The van der Waals surface area contributed by atoms with Gasteiger partial charge >= 0.3 is 6.36 Å². The second-order valence-electron chi connectivity index (χ2n) is 9.19. The molecule has 2 aromatic carbocycles. The van der Waals surface area contributed by atoms with Crippen molar-refractivity contribution in [2.75, 3.05) is 12.4 Å². The van der Waals surface area contributed by atoms with Crippen LogP contribution in [-0.4, -0.2) is 25.1 Å². The van der Waals surface area contributed by atoms with Crippen LogP contribution in [0.4, 0.5) is 18.9 Å². The number of anilines is 1. The lowest BCUT2D eigenvalue weighted by Gasteiger charge is -2.44. The normalized spacial score (nSPS) is 25.6. The van der Waals surface area contributed by atoms with E-state index >= 15 is 0 Å². The Bertz CT molecular complexity index is 1050. The zero-order valence-corrected chi connectivity index (χ0v) is 20.5. The van der Waals surface area contributed by atoms with Crippen LogP contribution in [0.15, 0.2) is 53.0 Å². The number of nitrogens with one attached hydrogen (secondary N) is 2. The molecule has 9 heteroatoms. The highest BCUT2D eigenvalue weighted by Gasteiger charge is 2.40. The summed E-state index contributed by atoms with van der Waals surface area (Å²) < 4.78 is 43.3. The Morgan fingerprint density at radius 3 is 2.56 bits per heavy atom. The van der Waals surface area contributed by atoms with Gasteiger partial charge in [-0.05, 0) is 73.8 Å². The van der Waals surface area contributed by atoms with Crippen LogP contribution in [0.1, 0.15) is 36.8 Å². The Labute approximate surface area is 206 Å². The fraction of sp³-hybridized carbons (Fsp3) is 0.440. The number of ether oxygens (including phenoxy) is 1. The summed E-state index contributed by atoms with van der Waals surface area (Å²) in [7, 11) is 1.89. The summed E-state index contributed by atoms with van der Waals surface area (Å²) in [5, 5.41) is 6.79. The molecule has 4 rings (SSSR count). The average molecular weight is 539 g/mol. The van der Waals surface area contributed by atoms with Crippen LogP contribution in [-0.2, 0) is 6.42 Å². The number of alkyl halides is 3. The number of rotatable bonds is 6. The molecule has 0 amide bonds. The first-order valence-corrected chi connectivity index (χ1v) is 12.2. The first kappa shape index (κ1) is 24.9. The van der Waals surface area contributed by atoms with E-state index in [-0.39, 0.29) is 23.6 Å². The molecule has 6 N–H and O–H groups in total. The Morgan fingerprint density at radius 2 is 1.88 bits per heavy atom. The van der Waals surface area contributed by atoms with Gasteiger partial charge in [-0.3, -0.25) is 0 Å². The molecule has 2 aromatic rings. The number of benzene rings is 2. The zero-order valence-electron chi connectivity index (χ0n) is 19.0. The smallest absolute Gasteiger partial charge is 0.405 e. The Morgan fingerprint density at radius 1 is 1.18 bits per heavy atom. The molecule has 0 aromatic heterocycles. The van der Waals surface area contributed by atoms with Crippen molar-refractivity contribution in [2.45, 2.75) is 50.2 Å². The SMILES string of the molecule is CNC1=CC(N)(C2CCC(C(N)Cc3ccc(Br)cc3OC(F)(F)F)CC2)Nc2ccccc21. The molecule has 1 saturated carbocycles. The lowest BCUT2D eigenvalue weighted by Crippen LogP contribution is -2.55.